The number of methoxy groups -OCH3 is 1. The molecule has 1 aliphatic rings. The highest BCUT2D eigenvalue weighted by Crippen LogP contribution is 2.30. The van der Waals surface area contributed by atoms with E-state index in [-0.39, 0.29) is 11.9 Å². The molecule has 0 saturated carbocycles. The predicted molar refractivity (Wildman–Crippen MR) is 79.6 cm³/mol. The third-order valence-electron chi connectivity index (χ3n) is 4.17. The third kappa shape index (κ3) is 3.49. The highest BCUT2D eigenvalue weighted by molar-refractivity contribution is 5.37. The lowest BCUT2D eigenvalue weighted by Crippen LogP contribution is -2.27. The highest BCUT2D eigenvalue weighted by Gasteiger charge is 2.22. The molecule has 112 valence electrons. The first-order valence-corrected chi connectivity index (χ1v) is 7.37. The largest absolute Gasteiger partial charge is 0.496 e. The SMILES string of the molecule is CNC(CCN1CCC(C)C1)c1c(F)cccc1OC. The van der Waals surface area contributed by atoms with Crippen molar-refractivity contribution >= 4 is 0 Å². The van der Waals surface area contributed by atoms with E-state index < -0.39 is 0 Å². The second-order valence-corrected chi connectivity index (χ2v) is 5.68. The summed E-state index contributed by atoms with van der Waals surface area (Å²) in [5, 5.41) is 3.22. The van der Waals surface area contributed by atoms with Gasteiger partial charge in [-0.1, -0.05) is 13.0 Å². The van der Waals surface area contributed by atoms with Crippen molar-refractivity contribution in [3.63, 3.8) is 0 Å². The van der Waals surface area contributed by atoms with Crippen LogP contribution in [0.3, 0.4) is 0 Å². The minimum absolute atomic E-state index is 0.0120. The molecule has 2 atom stereocenters. The molecule has 3 nitrogen and oxygen atoms in total. The minimum Gasteiger partial charge on any atom is -0.496 e. The van der Waals surface area contributed by atoms with Gasteiger partial charge in [0.1, 0.15) is 11.6 Å². The van der Waals surface area contributed by atoms with Crippen molar-refractivity contribution in [2.24, 2.45) is 5.92 Å². The number of ether oxygens (including phenoxy) is 1. The molecule has 1 aromatic rings. The van der Waals surface area contributed by atoms with Crippen molar-refractivity contribution in [2.75, 3.05) is 33.8 Å². The molecule has 1 N–H and O–H groups in total. The Balaban J connectivity index is 2.04. The fraction of sp³-hybridized carbons (Fsp3) is 0.625. The Labute approximate surface area is 121 Å². The van der Waals surface area contributed by atoms with E-state index in [1.54, 1.807) is 13.2 Å². The second-order valence-electron chi connectivity index (χ2n) is 5.68. The molecule has 1 heterocycles. The van der Waals surface area contributed by atoms with Crippen molar-refractivity contribution in [3.05, 3.63) is 29.6 Å². The molecule has 2 unspecified atom stereocenters. The summed E-state index contributed by atoms with van der Waals surface area (Å²) in [6.07, 6.45) is 2.16. The monoisotopic (exact) mass is 280 g/mol. The molecule has 0 aromatic heterocycles. The number of hydrogen-bond donors (Lipinski definition) is 1. The van der Waals surface area contributed by atoms with Crippen LogP contribution < -0.4 is 10.1 Å². The zero-order chi connectivity index (χ0) is 14.5. The first-order valence-electron chi connectivity index (χ1n) is 7.37. The Kier molecular flexibility index (Phi) is 5.38. The van der Waals surface area contributed by atoms with E-state index in [0.29, 0.717) is 11.3 Å². The van der Waals surface area contributed by atoms with Crippen LogP contribution in [0.5, 0.6) is 5.75 Å². The average molecular weight is 280 g/mol. The molecule has 20 heavy (non-hydrogen) atoms. The Morgan fingerprint density at radius 3 is 2.90 bits per heavy atom. The molecule has 1 fully saturated rings. The smallest absolute Gasteiger partial charge is 0.131 e. The van der Waals surface area contributed by atoms with Crippen LogP contribution in [0.25, 0.3) is 0 Å². The van der Waals surface area contributed by atoms with Gasteiger partial charge >= 0.3 is 0 Å². The lowest BCUT2D eigenvalue weighted by Gasteiger charge is -2.23. The van der Waals surface area contributed by atoms with Crippen LogP contribution >= 0.6 is 0 Å². The summed E-state index contributed by atoms with van der Waals surface area (Å²) >= 11 is 0. The number of nitrogens with one attached hydrogen (secondary N) is 1. The maximum atomic E-state index is 14.1. The summed E-state index contributed by atoms with van der Waals surface area (Å²) in [5.41, 5.74) is 0.643. The van der Waals surface area contributed by atoms with Crippen LogP contribution in [0.15, 0.2) is 18.2 Å². The third-order valence-corrected chi connectivity index (χ3v) is 4.17. The van der Waals surface area contributed by atoms with E-state index in [4.69, 9.17) is 4.74 Å². The Bertz CT molecular complexity index is 438. The highest BCUT2D eigenvalue weighted by atomic mass is 19.1. The van der Waals surface area contributed by atoms with E-state index >= 15 is 0 Å². The molecule has 1 aliphatic heterocycles. The Hall–Kier alpha value is -1.13. The van der Waals surface area contributed by atoms with E-state index in [2.05, 4.69) is 17.1 Å². The van der Waals surface area contributed by atoms with Crippen LogP contribution in [0.2, 0.25) is 0 Å². The van der Waals surface area contributed by atoms with E-state index in [9.17, 15) is 4.39 Å². The molecule has 0 spiro atoms. The fourth-order valence-corrected chi connectivity index (χ4v) is 3.01. The molecule has 2 rings (SSSR count). The molecule has 1 aromatic carbocycles. The zero-order valence-corrected chi connectivity index (χ0v) is 12.7. The lowest BCUT2D eigenvalue weighted by atomic mass is 10.0. The quantitative estimate of drug-likeness (QED) is 0.867. The average Bonchev–Trinajstić information content (AvgIpc) is 2.86. The van der Waals surface area contributed by atoms with Gasteiger partial charge in [-0.05, 0) is 51.0 Å². The van der Waals surface area contributed by atoms with Gasteiger partial charge in [0, 0.05) is 18.2 Å². The van der Waals surface area contributed by atoms with Gasteiger partial charge in [-0.15, -0.1) is 0 Å². The van der Waals surface area contributed by atoms with Crippen LogP contribution in [0.1, 0.15) is 31.4 Å². The maximum absolute atomic E-state index is 14.1. The first kappa shape index (κ1) is 15.3. The van der Waals surface area contributed by atoms with E-state index in [1.807, 2.05) is 13.1 Å². The number of nitrogens with zero attached hydrogens (tertiary/aromatic N) is 1. The molecule has 0 bridgehead atoms. The molecule has 1 saturated heterocycles. The Morgan fingerprint density at radius 1 is 1.50 bits per heavy atom. The van der Waals surface area contributed by atoms with E-state index in [0.717, 1.165) is 32.0 Å². The number of rotatable bonds is 6. The number of hydrogen-bond acceptors (Lipinski definition) is 3. The molecular formula is C16H25FN2O. The van der Waals surface area contributed by atoms with Crippen molar-refractivity contribution < 1.29 is 9.13 Å². The van der Waals surface area contributed by atoms with Crippen molar-refractivity contribution in [1.82, 2.24) is 10.2 Å². The van der Waals surface area contributed by atoms with Gasteiger partial charge in [-0.2, -0.15) is 0 Å². The van der Waals surface area contributed by atoms with Gasteiger partial charge < -0.3 is 15.0 Å². The van der Waals surface area contributed by atoms with Gasteiger partial charge in [0.25, 0.3) is 0 Å². The summed E-state index contributed by atoms with van der Waals surface area (Å²) < 4.78 is 19.4. The summed E-state index contributed by atoms with van der Waals surface area (Å²) in [6.45, 7) is 5.60. The van der Waals surface area contributed by atoms with Crippen LogP contribution in [-0.2, 0) is 0 Å². The van der Waals surface area contributed by atoms with Crippen LogP contribution in [-0.4, -0.2) is 38.7 Å². The van der Waals surface area contributed by atoms with Crippen LogP contribution in [0, 0.1) is 11.7 Å². The van der Waals surface area contributed by atoms with Gasteiger partial charge in [0.15, 0.2) is 0 Å². The summed E-state index contributed by atoms with van der Waals surface area (Å²) in [7, 11) is 3.47. The summed E-state index contributed by atoms with van der Waals surface area (Å²) in [5.74, 6) is 1.21. The number of benzene rings is 1. The van der Waals surface area contributed by atoms with Crippen molar-refractivity contribution in [2.45, 2.75) is 25.8 Å². The molecule has 0 aliphatic carbocycles. The van der Waals surface area contributed by atoms with Gasteiger partial charge in [-0.25, -0.2) is 4.39 Å². The molecule has 0 radical (unpaired) electrons. The van der Waals surface area contributed by atoms with Crippen molar-refractivity contribution in [1.29, 1.82) is 0 Å². The van der Waals surface area contributed by atoms with Crippen LogP contribution in [0.4, 0.5) is 4.39 Å². The topological polar surface area (TPSA) is 24.5 Å². The zero-order valence-electron chi connectivity index (χ0n) is 12.7. The standard InChI is InChI=1S/C16H25FN2O/c1-12-7-9-19(11-12)10-8-14(18-2)16-13(17)5-4-6-15(16)20-3/h4-6,12,14,18H,7-11H2,1-3H3. The lowest BCUT2D eigenvalue weighted by molar-refractivity contribution is 0.300. The second kappa shape index (κ2) is 7.04. The minimum atomic E-state index is -0.196. The Morgan fingerprint density at radius 2 is 2.30 bits per heavy atom. The van der Waals surface area contributed by atoms with Gasteiger partial charge in [0.2, 0.25) is 0 Å². The van der Waals surface area contributed by atoms with Gasteiger partial charge in [0.05, 0.1) is 7.11 Å². The number of likely N-dealkylation sites (tertiary alicyclic amines) is 1. The molecular weight excluding hydrogens is 255 g/mol. The summed E-state index contributed by atoms with van der Waals surface area (Å²) in [4.78, 5) is 2.46. The molecule has 0 amide bonds. The fourth-order valence-electron chi connectivity index (χ4n) is 3.01. The predicted octanol–water partition coefficient (Wildman–Crippen LogP) is 2.83. The normalized spacial score (nSPS) is 21.1. The van der Waals surface area contributed by atoms with Crippen molar-refractivity contribution in [3.8, 4) is 5.75 Å². The molecule has 4 heteroatoms. The number of halogens is 1. The first-order chi connectivity index (χ1) is 9.65. The van der Waals surface area contributed by atoms with Gasteiger partial charge in [-0.3, -0.25) is 0 Å². The van der Waals surface area contributed by atoms with E-state index in [1.165, 1.54) is 12.5 Å². The maximum Gasteiger partial charge on any atom is 0.131 e. The summed E-state index contributed by atoms with van der Waals surface area (Å²) in [6, 6.07) is 5.00.